The second kappa shape index (κ2) is 8.48. The van der Waals surface area contributed by atoms with Gasteiger partial charge in [0.25, 0.3) is 0 Å². The van der Waals surface area contributed by atoms with Crippen LogP contribution in [-0.4, -0.2) is 40.3 Å². The number of hydrogen-bond acceptors (Lipinski definition) is 5. The molecule has 1 atom stereocenters. The molecule has 2 aromatic rings. The van der Waals surface area contributed by atoms with E-state index in [1.54, 1.807) is 31.4 Å². The molecule has 2 aromatic carbocycles. The van der Waals surface area contributed by atoms with Crippen molar-refractivity contribution in [1.29, 1.82) is 0 Å². The molecule has 1 heterocycles. The number of benzene rings is 2. The molecular weight excluding hydrogens is 378 g/mol. The van der Waals surface area contributed by atoms with Gasteiger partial charge in [0.1, 0.15) is 11.5 Å². The number of sulfone groups is 1. The van der Waals surface area contributed by atoms with Gasteiger partial charge in [0.15, 0.2) is 9.84 Å². The molecule has 0 bridgehead atoms. The summed E-state index contributed by atoms with van der Waals surface area (Å²) in [5.74, 6) is 0.732. The molecule has 1 aliphatic rings. The quantitative estimate of drug-likeness (QED) is 0.713. The van der Waals surface area contributed by atoms with Crippen LogP contribution in [0.1, 0.15) is 12.0 Å². The lowest BCUT2D eigenvalue weighted by Crippen LogP contribution is -2.41. The minimum absolute atomic E-state index is 0.140. The van der Waals surface area contributed by atoms with Crippen LogP contribution in [0.15, 0.2) is 60.0 Å². The third-order valence-electron chi connectivity index (χ3n) is 4.63. The molecule has 1 amide bonds. The number of methoxy groups -OCH3 is 2. The van der Waals surface area contributed by atoms with Gasteiger partial charge in [0, 0.05) is 17.9 Å². The van der Waals surface area contributed by atoms with Crippen LogP contribution in [0.4, 0.5) is 5.69 Å². The van der Waals surface area contributed by atoms with E-state index in [2.05, 4.69) is 0 Å². The fourth-order valence-corrected chi connectivity index (χ4v) is 4.49. The molecule has 1 aliphatic heterocycles. The number of hydrogen-bond donors (Lipinski definition) is 0. The summed E-state index contributed by atoms with van der Waals surface area (Å²) in [5, 5.41) is 1.17. The molecule has 0 unspecified atom stereocenters. The molecule has 6 nitrogen and oxygen atoms in total. The number of anilines is 1. The van der Waals surface area contributed by atoms with Crippen LogP contribution in [0.2, 0.25) is 0 Å². The molecule has 28 heavy (non-hydrogen) atoms. The van der Waals surface area contributed by atoms with Gasteiger partial charge >= 0.3 is 0 Å². The number of rotatable bonds is 7. The molecule has 0 N–H and O–H groups in total. The summed E-state index contributed by atoms with van der Waals surface area (Å²) in [4.78, 5) is 14.7. The zero-order chi connectivity index (χ0) is 20.1. The Morgan fingerprint density at radius 2 is 1.86 bits per heavy atom. The van der Waals surface area contributed by atoms with Crippen molar-refractivity contribution < 1.29 is 22.7 Å². The minimum atomic E-state index is -3.32. The summed E-state index contributed by atoms with van der Waals surface area (Å²) in [6, 6.07) is 14.3. The Hall–Kier alpha value is -2.80. The predicted octanol–water partition coefficient (Wildman–Crippen LogP) is 2.98. The molecule has 0 fully saturated rings. The van der Waals surface area contributed by atoms with Crippen LogP contribution in [0.5, 0.6) is 11.5 Å². The average molecular weight is 401 g/mol. The van der Waals surface area contributed by atoms with E-state index < -0.39 is 15.9 Å². The van der Waals surface area contributed by atoms with E-state index in [0.717, 1.165) is 5.56 Å². The maximum atomic E-state index is 13.1. The Bertz CT molecular complexity index is 970. The summed E-state index contributed by atoms with van der Waals surface area (Å²) in [7, 11) is -0.270. The Labute approximate surface area is 165 Å². The summed E-state index contributed by atoms with van der Waals surface area (Å²) < 4.78 is 34.6. The van der Waals surface area contributed by atoms with Crippen molar-refractivity contribution in [2.45, 2.75) is 18.9 Å². The van der Waals surface area contributed by atoms with Crippen molar-refractivity contribution in [3.8, 4) is 11.5 Å². The highest BCUT2D eigenvalue weighted by molar-refractivity contribution is 7.94. The van der Waals surface area contributed by atoms with Crippen molar-refractivity contribution in [1.82, 2.24) is 0 Å². The average Bonchev–Trinajstić information content (AvgIpc) is 3.06. The lowest BCUT2D eigenvalue weighted by molar-refractivity contribution is -0.118. The van der Waals surface area contributed by atoms with Gasteiger partial charge in [-0.05, 0) is 30.2 Å². The Kier molecular flexibility index (Phi) is 6.04. The first-order chi connectivity index (χ1) is 13.4. The van der Waals surface area contributed by atoms with Gasteiger partial charge in [-0.2, -0.15) is 0 Å². The van der Waals surface area contributed by atoms with Crippen LogP contribution >= 0.6 is 0 Å². The monoisotopic (exact) mass is 401 g/mol. The first-order valence-corrected chi connectivity index (χ1v) is 10.6. The Morgan fingerprint density at radius 1 is 1.11 bits per heavy atom. The topological polar surface area (TPSA) is 72.9 Å². The van der Waals surface area contributed by atoms with E-state index in [-0.39, 0.29) is 18.1 Å². The lowest BCUT2D eigenvalue weighted by atomic mass is 10.1. The fourth-order valence-electron chi connectivity index (χ4n) is 3.22. The first kappa shape index (κ1) is 19.9. The van der Waals surface area contributed by atoms with Gasteiger partial charge < -0.3 is 14.4 Å². The first-order valence-electron chi connectivity index (χ1n) is 8.92. The van der Waals surface area contributed by atoms with Gasteiger partial charge in [-0.3, -0.25) is 4.79 Å². The molecule has 7 heteroatoms. The third-order valence-corrected chi connectivity index (χ3v) is 6.01. The van der Waals surface area contributed by atoms with Crippen molar-refractivity contribution in [3.05, 3.63) is 65.6 Å². The fraction of sp³-hybridized carbons (Fsp3) is 0.286. The van der Waals surface area contributed by atoms with Gasteiger partial charge in [-0.25, -0.2) is 8.42 Å². The largest absolute Gasteiger partial charge is 0.497 e. The van der Waals surface area contributed by atoms with Crippen molar-refractivity contribution in [3.63, 3.8) is 0 Å². The van der Waals surface area contributed by atoms with E-state index in [1.165, 1.54) is 17.4 Å². The number of amides is 1. The van der Waals surface area contributed by atoms with Crippen molar-refractivity contribution in [2.24, 2.45) is 0 Å². The highest BCUT2D eigenvalue weighted by atomic mass is 32.2. The van der Waals surface area contributed by atoms with Gasteiger partial charge in [0.05, 0.1) is 31.7 Å². The van der Waals surface area contributed by atoms with E-state index >= 15 is 0 Å². The predicted molar refractivity (Wildman–Crippen MR) is 109 cm³/mol. The summed E-state index contributed by atoms with van der Waals surface area (Å²) in [5.41, 5.74) is 1.57. The number of ether oxygens (including phenoxy) is 2. The van der Waals surface area contributed by atoms with Crippen LogP contribution in [0.25, 0.3) is 0 Å². The van der Waals surface area contributed by atoms with Crippen LogP contribution < -0.4 is 14.4 Å². The van der Waals surface area contributed by atoms with E-state index in [1.807, 2.05) is 30.3 Å². The van der Waals surface area contributed by atoms with Gasteiger partial charge in [-0.15, -0.1) is 0 Å². The Balaban J connectivity index is 1.91. The molecular formula is C21H23NO5S. The highest BCUT2D eigenvalue weighted by Crippen LogP contribution is 2.35. The summed E-state index contributed by atoms with van der Waals surface area (Å²) >= 11 is 0. The second-order valence-corrected chi connectivity index (χ2v) is 8.44. The zero-order valence-electron chi connectivity index (χ0n) is 15.9. The smallest absolute Gasteiger partial charge is 0.228 e. The summed E-state index contributed by atoms with van der Waals surface area (Å²) in [6.07, 6.45) is 2.38. The van der Waals surface area contributed by atoms with Crippen molar-refractivity contribution >= 4 is 21.4 Å². The van der Waals surface area contributed by atoms with Gasteiger partial charge in [-0.1, -0.05) is 30.3 Å². The molecule has 0 spiro atoms. The minimum Gasteiger partial charge on any atom is -0.497 e. The number of aryl methyl sites for hydroxylation is 1. The van der Waals surface area contributed by atoms with Gasteiger partial charge in [0.2, 0.25) is 5.91 Å². The number of carbonyl (C=O) groups excluding carboxylic acids is 1. The molecule has 0 radical (unpaired) electrons. The molecule has 148 valence electrons. The Morgan fingerprint density at radius 3 is 2.46 bits per heavy atom. The van der Waals surface area contributed by atoms with Crippen LogP contribution in [-0.2, 0) is 21.1 Å². The van der Waals surface area contributed by atoms with E-state index in [4.69, 9.17) is 9.47 Å². The summed E-state index contributed by atoms with van der Waals surface area (Å²) in [6.45, 7) is 0. The highest BCUT2D eigenvalue weighted by Gasteiger charge is 2.32. The van der Waals surface area contributed by atoms with E-state index in [9.17, 15) is 13.2 Å². The van der Waals surface area contributed by atoms with Crippen molar-refractivity contribution in [2.75, 3.05) is 24.9 Å². The molecule has 0 aromatic heterocycles. The number of carbonyl (C=O) groups is 1. The lowest BCUT2D eigenvalue weighted by Gasteiger charge is -2.29. The standard InChI is InChI=1S/C21H23NO5S/c1-26-18-9-10-19(20(14-18)27-2)22(17-12-13-28(24,25)15-17)21(23)11-8-16-6-4-3-5-7-16/h3-7,9-10,12-14,17H,8,11,15H2,1-2H3/t17-/m0/s1. The second-order valence-electron chi connectivity index (χ2n) is 6.51. The number of nitrogens with zero attached hydrogens (tertiary/aromatic N) is 1. The molecule has 0 saturated heterocycles. The normalized spacial score (nSPS) is 17.3. The van der Waals surface area contributed by atoms with E-state index in [0.29, 0.717) is 23.6 Å². The zero-order valence-corrected chi connectivity index (χ0v) is 16.7. The van der Waals surface area contributed by atoms with Crippen LogP contribution in [0, 0.1) is 0 Å². The van der Waals surface area contributed by atoms with Crippen LogP contribution in [0.3, 0.4) is 0 Å². The maximum Gasteiger partial charge on any atom is 0.228 e. The molecule has 0 saturated carbocycles. The SMILES string of the molecule is COc1ccc(N(C(=O)CCc2ccccc2)[C@H]2C=CS(=O)(=O)C2)c(OC)c1. The maximum absolute atomic E-state index is 13.1. The molecule has 0 aliphatic carbocycles. The molecule has 3 rings (SSSR count). The third kappa shape index (κ3) is 4.54.